The predicted molar refractivity (Wildman–Crippen MR) is 67.7 cm³/mol. The lowest BCUT2D eigenvalue weighted by Gasteiger charge is -2.29. The molecule has 2 aliphatic rings. The van der Waals surface area contributed by atoms with Crippen LogP contribution in [0.1, 0.15) is 46.0 Å². The highest BCUT2D eigenvalue weighted by molar-refractivity contribution is 6.05. The summed E-state index contributed by atoms with van der Waals surface area (Å²) in [7, 11) is 0. The first-order chi connectivity index (χ1) is 8.46. The van der Waals surface area contributed by atoms with Gasteiger partial charge >= 0.3 is 0 Å². The lowest BCUT2D eigenvalue weighted by molar-refractivity contribution is -0.142. The Hall–Kier alpha value is -0.900. The average molecular weight is 253 g/mol. The zero-order chi connectivity index (χ0) is 13.3. The third-order valence-electron chi connectivity index (χ3n) is 4.28. The van der Waals surface area contributed by atoms with Crippen molar-refractivity contribution in [2.45, 2.75) is 46.0 Å². The maximum Gasteiger partial charge on any atom is 0.233 e. The molecule has 2 unspecified atom stereocenters. The zero-order valence-corrected chi connectivity index (χ0v) is 11.3. The van der Waals surface area contributed by atoms with E-state index in [0.29, 0.717) is 6.54 Å². The molecule has 1 aliphatic heterocycles. The summed E-state index contributed by atoms with van der Waals surface area (Å²) in [5.41, 5.74) is -0.104. The summed E-state index contributed by atoms with van der Waals surface area (Å²) < 4.78 is 0. The number of likely N-dealkylation sites (tertiary alicyclic amines) is 1. The molecule has 2 atom stereocenters. The lowest BCUT2D eigenvalue weighted by Crippen LogP contribution is -2.39. The predicted octanol–water partition coefficient (Wildman–Crippen LogP) is 1.57. The second kappa shape index (κ2) is 5.00. The maximum atomic E-state index is 12.2. The van der Waals surface area contributed by atoms with Crippen molar-refractivity contribution in [1.29, 1.82) is 0 Å². The smallest absolute Gasteiger partial charge is 0.233 e. The van der Waals surface area contributed by atoms with Crippen LogP contribution in [-0.4, -0.2) is 35.0 Å². The molecule has 2 rings (SSSR count). The molecule has 1 saturated heterocycles. The van der Waals surface area contributed by atoms with Gasteiger partial charge in [0, 0.05) is 13.2 Å². The largest absolute Gasteiger partial charge is 0.396 e. The number of hydrogen-bond acceptors (Lipinski definition) is 3. The van der Waals surface area contributed by atoms with Crippen LogP contribution in [0.3, 0.4) is 0 Å². The van der Waals surface area contributed by atoms with Gasteiger partial charge in [0.1, 0.15) is 0 Å². The summed E-state index contributed by atoms with van der Waals surface area (Å²) in [6.07, 6.45) is 4.31. The van der Waals surface area contributed by atoms with Crippen LogP contribution in [0.15, 0.2) is 0 Å². The third kappa shape index (κ3) is 2.44. The molecule has 1 aliphatic carbocycles. The zero-order valence-electron chi connectivity index (χ0n) is 11.3. The van der Waals surface area contributed by atoms with Gasteiger partial charge in [0.25, 0.3) is 0 Å². The first kappa shape index (κ1) is 13.5. The number of carbonyl (C=O) groups excluding carboxylic acids is 2. The van der Waals surface area contributed by atoms with E-state index >= 15 is 0 Å². The quantitative estimate of drug-likeness (QED) is 0.757. The minimum absolute atomic E-state index is 0.0360. The number of rotatable bonds is 5. The number of fused-ring (bicyclic) bond motifs is 1. The molecule has 18 heavy (non-hydrogen) atoms. The number of amides is 2. The number of aliphatic hydroxyl groups is 1. The summed E-state index contributed by atoms with van der Waals surface area (Å²) in [5, 5.41) is 8.88. The van der Waals surface area contributed by atoms with E-state index in [-0.39, 0.29) is 35.7 Å². The van der Waals surface area contributed by atoms with E-state index in [9.17, 15) is 9.59 Å². The van der Waals surface area contributed by atoms with E-state index in [2.05, 4.69) is 13.8 Å². The van der Waals surface area contributed by atoms with Gasteiger partial charge in [-0.15, -0.1) is 0 Å². The lowest BCUT2D eigenvalue weighted by atomic mass is 9.87. The molecule has 4 nitrogen and oxygen atoms in total. The average Bonchev–Trinajstić information content (AvgIpc) is 2.87. The summed E-state index contributed by atoms with van der Waals surface area (Å²) >= 11 is 0. The number of nitrogens with zero attached hydrogens (tertiary/aromatic N) is 1. The molecule has 1 heterocycles. The van der Waals surface area contributed by atoms with Crippen LogP contribution in [0, 0.1) is 17.3 Å². The fourth-order valence-electron chi connectivity index (χ4n) is 3.28. The van der Waals surface area contributed by atoms with Gasteiger partial charge in [0.05, 0.1) is 11.8 Å². The van der Waals surface area contributed by atoms with Crippen LogP contribution in [-0.2, 0) is 9.59 Å². The molecule has 0 aromatic rings. The maximum absolute atomic E-state index is 12.2. The van der Waals surface area contributed by atoms with Crippen molar-refractivity contribution in [3.8, 4) is 0 Å². The van der Waals surface area contributed by atoms with E-state index < -0.39 is 0 Å². The summed E-state index contributed by atoms with van der Waals surface area (Å²) in [4.78, 5) is 25.9. The van der Waals surface area contributed by atoms with Crippen molar-refractivity contribution in [3.63, 3.8) is 0 Å². The second-order valence-electron chi connectivity index (χ2n) is 6.40. The summed E-state index contributed by atoms with van der Waals surface area (Å²) in [5.74, 6) is 0.0106. The van der Waals surface area contributed by atoms with E-state index in [0.717, 1.165) is 32.1 Å². The fourth-order valence-corrected chi connectivity index (χ4v) is 3.28. The van der Waals surface area contributed by atoms with Crippen molar-refractivity contribution in [1.82, 2.24) is 4.90 Å². The Morgan fingerprint density at radius 1 is 1.22 bits per heavy atom. The first-order valence-electron chi connectivity index (χ1n) is 6.92. The monoisotopic (exact) mass is 253 g/mol. The van der Waals surface area contributed by atoms with E-state index in [4.69, 9.17) is 5.11 Å². The van der Waals surface area contributed by atoms with E-state index in [1.807, 2.05) is 0 Å². The van der Waals surface area contributed by atoms with Crippen LogP contribution in [0.25, 0.3) is 0 Å². The molecule has 102 valence electrons. The molecular formula is C14H23NO3. The van der Waals surface area contributed by atoms with Gasteiger partial charge in [0.2, 0.25) is 11.8 Å². The molecule has 1 saturated carbocycles. The van der Waals surface area contributed by atoms with Gasteiger partial charge in [-0.2, -0.15) is 0 Å². The van der Waals surface area contributed by atoms with Crippen LogP contribution < -0.4 is 0 Å². The second-order valence-corrected chi connectivity index (χ2v) is 6.40. The Bertz CT molecular complexity index is 329. The third-order valence-corrected chi connectivity index (χ3v) is 4.28. The highest BCUT2D eigenvalue weighted by Crippen LogP contribution is 2.41. The molecule has 4 heteroatoms. The van der Waals surface area contributed by atoms with Crippen molar-refractivity contribution >= 4 is 11.8 Å². The Balaban J connectivity index is 2.01. The van der Waals surface area contributed by atoms with E-state index in [1.165, 1.54) is 4.90 Å². The van der Waals surface area contributed by atoms with Crippen molar-refractivity contribution in [3.05, 3.63) is 0 Å². The molecule has 0 aromatic carbocycles. The standard InChI is InChI=1S/C14H23NO3/c1-14(2,7-4-8-16)9-15-12(17)10-5-3-6-11(10)13(15)18/h10-11,16H,3-9H2,1-2H3. The SMILES string of the molecule is CC(C)(CCCO)CN1C(=O)C2CCCC2C1=O. The van der Waals surface area contributed by atoms with Gasteiger partial charge in [-0.05, 0) is 31.1 Å². The van der Waals surface area contributed by atoms with Crippen molar-refractivity contribution < 1.29 is 14.7 Å². The molecule has 0 bridgehead atoms. The number of imide groups is 1. The van der Waals surface area contributed by atoms with Crippen LogP contribution in [0.5, 0.6) is 0 Å². The van der Waals surface area contributed by atoms with Crippen LogP contribution >= 0.6 is 0 Å². The Morgan fingerprint density at radius 3 is 2.28 bits per heavy atom. The van der Waals surface area contributed by atoms with Gasteiger partial charge in [-0.1, -0.05) is 20.3 Å². The van der Waals surface area contributed by atoms with Crippen LogP contribution in [0.4, 0.5) is 0 Å². The Kier molecular flexibility index (Phi) is 3.76. The molecule has 0 aromatic heterocycles. The Labute approximate surface area is 108 Å². The molecule has 0 radical (unpaired) electrons. The highest BCUT2D eigenvalue weighted by Gasteiger charge is 2.50. The summed E-state index contributed by atoms with van der Waals surface area (Å²) in [6.45, 7) is 4.77. The summed E-state index contributed by atoms with van der Waals surface area (Å²) in [6, 6.07) is 0. The molecule has 2 fully saturated rings. The minimum atomic E-state index is -0.104. The number of hydrogen-bond donors (Lipinski definition) is 1. The van der Waals surface area contributed by atoms with Crippen LogP contribution in [0.2, 0.25) is 0 Å². The first-order valence-corrected chi connectivity index (χ1v) is 6.92. The number of aliphatic hydroxyl groups excluding tert-OH is 1. The molecular weight excluding hydrogens is 230 g/mol. The van der Waals surface area contributed by atoms with Gasteiger partial charge < -0.3 is 5.11 Å². The minimum Gasteiger partial charge on any atom is -0.396 e. The number of carbonyl (C=O) groups is 2. The highest BCUT2D eigenvalue weighted by atomic mass is 16.3. The van der Waals surface area contributed by atoms with Crippen molar-refractivity contribution in [2.24, 2.45) is 17.3 Å². The van der Waals surface area contributed by atoms with Gasteiger partial charge in [0.15, 0.2) is 0 Å². The van der Waals surface area contributed by atoms with Crippen molar-refractivity contribution in [2.75, 3.05) is 13.2 Å². The van der Waals surface area contributed by atoms with Gasteiger partial charge in [-0.25, -0.2) is 0 Å². The molecule has 1 N–H and O–H groups in total. The Morgan fingerprint density at radius 2 is 1.78 bits per heavy atom. The molecule has 0 spiro atoms. The van der Waals surface area contributed by atoms with Gasteiger partial charge in [-0.3, -0.25) is 14.5 Å². The molecule has 2 amide bonds. The topological polar surface area (TPSA) is 57.6 Å². The van der Waals surface area contributed by atoms with E-state index in [1.54, 1.807) is 0 Å². The normalized spacial score (nSPS) is 28.1. The fraction of sp³-hybridized carbons (Fsp3) is 0.857.